The third kappa shape index (κ3) is 3.50. The molecule has 4 nitrogen and oxygen atoms in total. The van der Waals surface area contributed by atoms with Gasteiger partial charge in [-0.3, -0.25) is 4.98 Å². The van der Waals surface area contributed by atoms with Crippen molar-refractivity contribution in [3.05, 3.63) is 76.2 Å². The predicted molar refractivity (Wildman–Crippen MR) is 114 cm³/mol. The minimum absolute atomic E-state index is 0.0611. The minimum Gasteiger partial charge on any atom is -0.478 e. The number of aryl methyl sites for hydroxylation is 1. The second-order valence-corrected chi connectivity index (χ2v) is 8.03. The van der Waals surface area contributed by atoms with E-state index in [2.05, 4.69) is 0 Å². The molecule has 0 amide bonds. The molecule has 0 aliphatic heterocycles. The molecule has 154 valence electrons. The van der Waals surface area contributed by atoms with E-state index in [1.807, 2.05) is 19.9 Å². The lowest BCUT2D eigenvalue weighted by molar-refractivity contribution is 0.0697. The lowest BCUT2D eigenvalue weighted by atomic mass is 9.87. The predicted octanol–water partition coefficient (Wildman–Crippen LogP) is 5.36. The van der Waals surface area contributed by atoms with Crippen LogP contribution in [0.3, 0.4) is 0 Å². The number of aliphatic hydroxyl groups excluding tert-OH is 1. The molecule has 1 aliphatic rings. The van der Waals surface area contributed by atoms with Crippen molar-refractivity contribution in [2.24, 2.45) is 0 Å². The van der Waals surface area contributed by atoms with Gasteiger partial charge in [-0.25, -0.2) is 9.18 Å². The Bertz CT molecular complexity index is 1120. The number of hydrogen-bond donors (Lipinski definition) is 2. The Hall–Kier alpha value is -3.05. The standard InChI is InChI=1S/C25H24FNO3/c1-14(2)23-21(13-28)22(16-8-10-18(26)11-9-16)19-5-3-4-15-6-7-17(25(29)30)12-20(15)24(19)27-23/h6-12,14,28H,3-5,13H2,1-2H3,(H,29,30). The van der Waals surface area contributed by atoms with E-state index < -0.39 is 5.97 Å². The van der Waals surface area contributed by atoms with Crippen LogP contribution >= 0.6 is 0 Å². The van der Waals surface area contributed by atoms with E-state index in [0.29, 0.717) is 0 Å². The maximum atomic E-state index is 13.6. The van der Waals surface area contributed by atoms with Crippen LogP contribution in [0.5, 0.6) is 0 Å². The maximum Gasteiger partial charge on any atom is 0.335 e. The van der Waals surface area contributed by atoms with Crippen LogP contribution in [0, 0.1) is 5.82 Å². The number of fused-ring (bicyclic) bond motifs is 3. The second-order valence-electron chi connectivity index (χ2n) is 8.03. The van der Waals surface area contributed by atoms with E-state index in [1.54, 1.807) is 24.3 Å². The van der Waals surface area contributed by atoms with Gasteiger partial charge in [0.15, 0.2) is 0 Å². The number of aromatic carboxylic acids is 1. The highest BCUT2D eigenvalue weighted by Gasteiger charge is 2.26. The molecule has 0 unspecified atom stereocenters. The third-order valence-corrected chi connectivity index (χ3v) is 5.75. The van der Waals surface area contributed by atoms with E-state index in [-0.39, 0.29) is 23.9 Å². The minimum atomic E-state index is -0.974. The number of nitrogens with zero attached hydrogens (tertiary/aromatic N) is 1. The van der Waals surface area contributed by atoms with Crippen LogP contribution < -0.4 is 0 Å². The van der Waals surface area contributed by atoms with E-state index >= 15 is 0 Å². The van der Waals surface area contributed by atoms with Crippen molar-refractivity contribution in [2.45, 2.75) is 45.6 Å². The average molecular weight is 405 g/mol. The van der Waals surface area contributed by atoms with E-state index in [0.717, 1.165) is 64.0 Å². The van der Waals surface area contributed by atoms with Crippen LogP contribution in [-0.4, -0.2) is 21.2 Å². The fourth-order valence-electron chi connectivity index (χ4n) is 4.36. The van der Waals surface area contributed by atoms with Crippen LogP contribution in [0.1, 0.15) is 58.9 Å². The summed E-state index contributed by atoms with van der Waals surface area (Å²) < 4.78 is 13.6. The number of aromatic nitrogens is 1. The fraction of sp³-hybridized carbons (Fsp3) is 0.280. The molecular weight excluding hydrogens is 381 g/mol. The Kier molecular flexibility index (Phi) is 5.39. The Labute approximate surface area is 175 Å². The molecule has 0 saturated carbocycles. The maximum absolute atomic E-state index is 13.6. The Morgan fingerprint density at radius 2 is 1.87 bits per heavy atom. The van der Waals surface area contributed by atoms with Crippen LogP contribution in [0.25, 0.3) is 22.4 Å². The molecule has 0 fully saturated rings. The molecule has 1 heterocycles. The molecule has 0 radical (unpaired) electrons. The molecular formula is C25H24FNO3. The summed E-state index contributed by atoms with van der Waals surface area (Å²) in [5, 5.41) is 19.8. The fourth-order valence-corrected chi connectivity index (χ4v) is 4.36. The molecule has 0 spiro atoms. The van der Waals surface area contributed by atoms with Crippen molar-refractivity contribution in [1.29, 1.82) is 0 Å². The molecule has 30 heavy (non-hydrogen) atoms. The topological polar surface area (TPSA) is 70.4 Å². The highest BCUT2D eigenvalue weighted by Crippen LogP contribution is 2.41. The summed E-state index contributed by atoms with van der Waals surface area (Å²) in [5.74, 6) is -1.23. The van der Waals surface area contributed by atoms with Gasteiger partial charge in [-0.15, -0.1) is 0 Å². The van der Waals surface area contributed by atoms with Crippen LogP contribution in [0.4, 0.5) is 4.39 Å². The number of carbonyl (C=O) groups is 1. The van der Waals surface area contributed by atoms with Gasteiger partial charge in [0, 0.05) is 16.8 Å². The Balaban J connectivity index is 2.09. The second kappa shape index (κ2) is 8.00. The van der Waals surface area contributed by atoms with Gasteiger partial charge in [0.1, 0.15) is 5.82 Å². The number of carboxylic acid groups (broad SMARTS) is 1. The summed E-state index contributed by atoms with van der Waals surface area (Å²) in [6, 6.07) is 11.5. The van der Waals surface area contributed by atoms with Crippen molar-refractivity contribution in [2.75, 3.05) is 0 Å². The molecule has 4 rings (SSSR count). The number of benzene rings is 2. The van der Waals surface area contributed by atoms with Crippen molar-refractivity contribution >= 4 is 5.97 Å². The molecule has 0 saturated heterocycles. The van der Waals surface area contributed by atoms with E-state index in [9.17, 15) is 19.4 Å². The molecule has 3 aromatic rings. The van der Waals surface area contributed by atoms with Crippen LogP contribution in [-0.2, 0) is 19.4 Å². The number of rotatable bonds is 4. The van der Waals surface area contributed by atoms with E-state index in [1.165, 1.54) is 12.1 Å². The first-order valence-corrected chi connectivity index (χ1v) is 10.2. The normalized spacial score (nSPS) is 13.0. The zero-order valence-corrected chi connectivity index (χ0v) is 17.1. The molecule has 0 bridgehead atoms. The van der Waals surface area contributed by atoms with Crippen molar-refractivity contribution in [3.63, 3.8) is 0 Å². The first-order chi connectivity index (χ1) is 14.4. The summed E-state index contributed by atoms with van der Waals surface area (Å²) in [7, 11) is 0. The lowest BCUT2D eigenvalue weighted by Gasteiger charge is -2.22. The summed E-state index contributed by atoms with van der Waals surface area (Å²) in [6.07, 6.45) is 2.45. The van der Waals surface area contributed by atoms with Crippen molar-refractivity contribution < 1.29 is 19.4 Å². The third-order valence-electron chi connectivity index (χ3n) is 5.75. The Morgan fingerprint density at radius 1 is 1.13 bits per heavy atom. The van der Waals surface area contributed by atoms with Gasteiger partial charge in [-0.2, -0.15) is 0 Å². The van der Waals surface area contributed by atoms with Crippen molar-refractivity contribution in [1.82, 2.24) is 4.98 Å². The van der Waals surface area contributed by atoms with Gasteiger partial charge in [-0.1, -0.05) is 32.0 Å². The smallest absolute Gasteiger partial charge is 0.335 e. The molecule has 2 aromatic carbocycles. The van der Waals surface area contributed by atoms with Crippen molar-refractivity contribution in [3.8, 4) is 22.4 Å². The monoisotopic (exact) mass is 405 g/mol. The summed E-state index contributed by atoms with van der Waals surface area (Å²) in [6.45, 7) is 3.88. The highest BCUT2D eigenvalue weighted by atomic mass is 19.1. The van der Waals surface area contributed by atoms with Gasteiger partial charge >= 0.3 is 5.97 Å². The first kappa shape index (κ1) is 20.2. The van der Waals surface area contributed by atoms with Crippen LogP contribution in [0.2, 0.25) is 0 Å². The van der Waals surface area contributed by atoms with Gasteiger partial charge < -0.3 is 10.2 Å². The first-order valence-electron chi connectivity index (χ1n) is 10.2. The number of pyridine rings is 1. The van der Waals surface area contributed by atoms with Gasteiger partial charge in [0.25, 0.3) is 0 Å². The summed E-state index contributed by atoms with van der Waals surface area (Å²) in [5.41, 5.74) is 7.14. The van der Waals surface area contributed by atoms with E-state index in [4.69, 9.17) is 4.98 Å². The van der Waals surface area contributed by atoms with Crippen LogP contribution in [0.15, 0.2) is 42.5 Å². The number of carboxylic acids is 1. The number of hydrogen-bond acceptors (Lipinski definition) is 3. The molecule has 1 aliphatic carbocycles. The zero-order chi connectivity index (χ0) is 21.4. The quantitative estimate of drug-likeness (QED) is 0.613. The van der Waals surface area contributed by atoms with Gasteiger partial charge in [0.05, 0.1) is 17.9 Å². The van der Waals surface area contributed by atoms with Gasteiger partial charge in [-0.05, 0) is 71.7 Å². The number of halogens is 1. The molecule has 2 N–H and O–H groups in total. The Morgan fingerprint density at radius 3 is 2.50 bits per heavy atom. The summed E-state index contributed by atoms with van der Waals surface area (Å²) >= 11 is 0. The average Bonchev–Trinajstić information content (AvgIpc) is 2.91. The van der Waals surface area contributed by atoms with Gasteiger partial charge in [0.2, 0.25) is 0 Å². The summed E-state index contributed by atoms with van der Waals surface area (Å²) in [4.78, 5) is 16.6. The lowest BCUT2D eigenvalue weighted by Crippen LogP contribution is -2.09. The zero-order valence-electron chi connectivity index (χ0n) is 17.1. The molecule has 1 aromatic heterocycles. The highest BCUT2D eigenvalue weighted by molar-refractivity contribution is 5.91. The molecule has 5 heteroatoms. The number of aliphatic hydroxyl groups is 1. The largest absolute Gasteiger partial charge is 0.478 e. The molecule has 0 atom stereocenters. The SMILES string of the molecule is CC(C)c1nc2c(c(-c3ccc(F)cc3)c1CO)CCCc1ccc(C(=O)O)cc1-2.